The minimum absolute atomic E-state index is 0.135. The molecule has 1 aromatic carbocycles. The molecule has 9 heteroatoms. The number of carbonyl (C=O) groups excluding carboxylic acids is 1. The first kappa shape index (κ1) is 15.9. The number of nitrogens with zero attached hydrogens (tertiary/aromatic N) is 5. The number of rotatable bonds is 3. The van der Waals surface area contributed by atoms with Gasteiger partial charge in [0.05, 0.1) is 22.0 Å². The number of nitrogens with one attached hydrogen (secondary N) is 1. The van der Waals surface area contributed by atoms with Crippen LogP contribution < -0.4 is 5.32 Å². The standard InChI is InChI=1S/C18H14N6O2S/c1-10(25)20-18-21-13-8-7-12-14(17-22-19-9-26-17)23-24(15(12)16(13)27-18)11-5-3-2-4-6-11/h2-6,9H,7-8H2,1H3,(H,20,21,25). The summed E-state index contributed by atoms with van der Waals surface area (Å²) in [6.07, 6.45) is 2.83. The van der Waals surface area contributed by atoms with Crippen molar-refractivity contribution in [1.29, 1.82) is 0 Å². The Morgan fingerprint density at radius 1 is 1.26 bits per heavy atom. The number of para-hydroxylation sites is 1. The summed E-state index contributed by atoms with van der Waals surface area (Å²) < 4.78 is 7.30. The summed E-state index contributed by atoms with van der Waals surface area (Å²) in [6.45, 7) is 1.48. The summed E-state index contributed by atoms with van der Waals surface area (Å²) in [4.78, 5) is 17.0. The average Bonchev–Trinajstić information content (AvgIpc) is 3.38. The van der Waals surface area contributed by atoms with E-state index < -0.39 is 0 Å². The number of hydrogen-bond acceptors (Lipinski definition) is 7. The molecule has 0 aliphatic heterocycles. The van der Waals surface area contributed by atoms with E-state index in [1.165, 1.54) is 24.7 Å². The molecule has 0 spiro atoms. The summed E-state index contributed by atoms with van der Waals surface area (Å²) in [7, 11) is 0. The topological polar surface area (TPSA) is 98.7 Å². The Hall–Kier alpha value is -3.33. The van der Waals surface area contributed by atoms with Crippen LogP contribution in [0.2, 0.25) is 0 Å². The molecule has 5 rings (SSSR count). The van der Waals surface area contributed by atoms with Gasteiger partial charge in [0.15, 0.2) is 10.8 Å². The van der Waals surface area contributed by atoms with Gasteiger partial charge >= 0.3 is 0 Å². The minimum Gasteiger partial charge on any atom is -0.422 e. The van der Waals surface area contributed by atoms with E-state index >= 15 is 0 Å². The molecule has 27 heavy (non-hydrogen) atoms. The molecule has 0 fully saturated rings. The fourth-order valence-corrected chi connectivity index (χ4v) is 4.39. The molecule has 0 radical (unpaired) electrons. The Kier molecular flexibility index (Phi) is 3.61. The number of thiazole rings is 1. The SMILES string of the molecule is CC(=O)Nc1nc2c(s1)-c1c(c(-c3nnco3)nn1-c1ccccc1)CC2. The zero-order chi connectivity index (χ0) is 18.4. The van der Waals surface area contributed by atoms with Crippen LogP contribution in [-0.2, 0) is 17.6 Å². The number of hydrogen-bond donors (Lipinski definition) is 1. The molecule has 0 saturated heterocycles. The van der Waals surface area contributed by atoms with Crippen molar-refractivity contribution in [3.63, 3.8) is 0 Å². The fraction of sp³-hybridized carbons (Fsp3) is 0.167. The van der Waals surface area contributed by atoms with Gasteiger partial charge < -0.3 is 9.73 Å². The molecular weight excluding hydrogens is 364 g/mol. The van der Waals surface area contributed by atoms with E-state index in [9.17, 15) is 4.79 Å². The predicted molar refractivity (Wildman–Crippen MR) is 99.7 cm³/mol. The van der Waals surface area contributed by atoms with Gasteiger partial charge in [-0.25, -0.2) is 9.67 Å². The molecule has 4 aromatic rings. The predicted octanol–water partition coefficient (Wildman–Crippen LogP) is 3.10. The first-order valence-corrected chi connectivity index (χ1v) is 9.24. The molecule has 0 saturated carbocycles. The third kappa shape index (κ3) is 2.63. The van der Waals surface area contributed by atoms with Crippen LogP contribution in [0.25, 0.3) is 27.8 Å². The van der Waals surface area contributed by atoms with Crippen LogP contribution in [0.4, 0.5) is 5.13 Å². The lowest BCUT2D eigenvalue weighted by atomic mass is 9.97. The molecule has 1 aliphatic rings. The highest BCUT2D eigenvalue weighted by atomic mass is 32.1. The van der Waals surface area contributed by atoms with Crippen molar-refractivity contribution in [2.75, 3.05) is 5.32 Å². The first-order chi connectivity index (χ1) is 13.2. The molecule has 3 heterocycles. The maximum absolute atomic E-state index is 11.4. The second-order valence-electron chi connectivity index (χ2n) is 6.14. The largest absolute Gasteiger partial charge is 0.422 e. The van der Waals surface area contributed by atoms with E-state index in [2.05, 4.69) is 20.5 Å². The molecule has 0 unspecified atom stereocenters. The number of aryl methyl sites for hydroxylation is 1. The van der Waals surface area contributed by atoms with E-state index in [1.807, 2.05) is 35.0 Å². The summed E-state index contributed by atoms with van der Waals surface area (Å²) in [5, 5.41) is 16.0. The normalized spacial score (nSPS) is 12.5. The van der Waals surface area contributed by atoms with Gasteiger partial charge in [0, 0.05) is 12.5 Å². The molecule has 8 nitrogen and oxygen atoms in total. The summed E-state index contributed by atoms with van der Waals surface area (Å²) in [6, 6.07) is 9.89. The van der Waals surface area contributed by atoms with Crippen molar-refractivity contribution in [3.8, 4) is 27.8 Å². The van der Waals surface area contributed by atoms with Crippen LogP contribution in [0.1, 0.15) is 18.2 Å². The number of aromatic nitrogens is 5. The molecule has 1 N–H and O–H groups in total. The Labute approximate surface area is 157 Å². The van der Waals surface area contributed by atoms with Crippen molar-refractivity contribution < 1.29 is 9.21 Å². The third-order valence-corrected chi connectivity index (χ3v) is 5.37. The van der Waals surface area contributed by atoms with Crippen molar-refractivity contribution in [2.24, 2.45) is 0 Å². The third-order valence-electron chi connectivity index (χ3n) is 4.35. The van der Waals surface area contributed by atoms with Crippen LogP contribution >= 0.6 is 11.3 Å². The van der Waals surface area contributed by atoms with Gasteiger partial charge in [-0.1, -0.05) is 29.5 Å². The van der Waals surface area contributed by atoms with Gasteiger partial charge in [0.25, 0.3) is 5.89 Å². The molecule has 0 bridgehead atoms. The van der Waals surface area contributed by atoms with Crippen molar-refractivity contribution >= 4 is 22.4 Å². The molecule has 1 aliphatic carbocycles. The maximum Gasteiger partial charge on any atom is 0.268 e. The van der Waals surface area contributed by atoms with Crippen molar-refractivity contribution in [2.45, 2.75) is 19.8 Å². The quantitative estimate of drug-likeness (QED) is 0.588. The molecule has 1 amide bonds. The molecular formula is C18H14N6O2S. The van der Waals surface area contributed by atoms with Crippen LogP contribution in [0, 0.1) is 0 Å². The summed E-state index contributed by atoms with van der Waals surface area (Å²) in [5.41, 5.74) is 4.59. The van der Waals surface area contributed by atoms with Gasteiger partial charge in [0.1, 0.15) is 0 Å². The highest BCUT2D eigenvalue weighted by molar-refractivity contribution is 7.19. The maximum atomic E-state index is 11.4. The molecule has 134 valence electrons. The number of carbonyl (C=O) groups is 1. The second kappa shape index (κ2) is 6.13. The highest BCUT2D eigenvalue weighted by Crippen LogP contribution is 2.43. The average molecular weight is 378 g/mol. The van der Waals surface area contributed by atoms with Gasteiger partial charge in [-0.3, -0.25) is 4.79 Å². The van der Waals surface area contributed by atoms with E-state index in [4.69, 9.17) is 9.52 Å². The second-order valence-corrected chi connectivity index (χ2v) is 7.14. The number of anilines is 1. The van der Waals surface area contributed by atoms with Crippen molar-refractivity contribution in [3.05, 3.63) is 48.0 Å². The number of amides is 1. The Morgan fingerprint density at radius 2 is 2.11 bits per heavy atom. The van der Waals surface area contributed by atoms with Crippen molar-refractivity contribution in [1.82, 2.24) is 25.0 Å². The lowest BCUT2D eigenvalue weighted by molar-refractivity contribution is -0.114. The fourth-order valence-electron chi connectivity index (χ4n) is 3.28. The Morgan fingerprint density at radius 3 is 2.85 bits per heavy atom. The van der Waals surface area contributed by atoms with Crippen LogP contribution in [0.15, 0.2) is 41.1 Å². The summed E-state index contributed by atoms with van der Waals surface area (Å²) in [5.74, 6) is 0.264. The van der Waals surface area contributed by atoms with Crippen LogP contribution in [-0.4, -0.2) is 30.9 Å². The molecule has 3 aromatic heterocycles. The summed E-state index contributed by atoms with van der Waals surface area (Å²) >= 11 is 1.46. The van der Waals surface area contributed by atoms with E-state index in [-0.39, 0.29) is 5.91 Å². The van der Waals surface area contributed by atoms with Gasteiger partial charge in [-0.15, -0.1) is 10.2 Å². The lowest BCUT2D eigenvalue weighted by Gasteiger charge is -2.13. The lowest BCUT2D eigenvalue weighted by Crippen LogP contribution is -2.06. The molecule has 0 atom stereocenters. The zero-order valence-electron chi connectivity index (χ0n) is 14.3. The zero-order valence-corrected chi connectivity index (χ0v) is 15.2. The number of fused-ring (bicyclic) bond motifs is 3. The monoisotopic (exact) mass is 378 g/mol. The Bertz CT molecular complexity index is 1130. The Balaban J connectivity index is 1.74. The van der Waals surface area contributed by atoms with Gasteiger partial charge in [-0.2, -0.15) is 5.10 Å². The number of benzene rings is 1. The van der Waals surface area contributed by atoms with Gasteiger partial charge in [-0.05, 0) is 25.0 Å². The highest BCUT2D eigenvalue weighted by Gasteiger charge is 2.31. The van der Waals surface area contributed by atoms with E-state index in [1.54, 1.807) is 0 Å². The van der Waals surface area contributed by atoms with Gasteiger partial charge in [0.2, 0.25) is 12.3 Å². The smallest absolute Gasteiger partial charge is 0.268 e. The minimum atomic E-state index is -0.135. The van der Waals surface area contributed by atoms with E-state index in [0.717, 1.165) is 40.4 Å². The van der Waals surface area contributed by atoms with Crippen LogP contribution in [0.3, 0.4) is 0 Å². The van der Waals surface area contributed by atoms with E-state index in [0.29, 0.717) is 16.7 Å². The first-order valence-electron chi connectivity index (χ1n) is 8.42. The van der Waals surface area contributed by atoms with Crippen LogP contribution in [0.5, 0.6) is 0 Å².